The molecular formula is C17H24ClN3O2S. The van der Waals surface area contributed by atoms with Gasteiger partial charge in [0.05, 0.1) is 10.7 Å². The van der Waals surface area contributed by atoms with E-state index in [1.807, 2.05) is 23.9 Å². The number of nitrogens with zero attached hydrogens (tertiary/aromatic N) is 1. The van der Waals surface area contributed by atoms with E-state index >= 15 is 0 Å². The van der Waals surface area contributed by atoms with E-state index in [0.717, 1.165) is 50.7 Å². The van der Waals surface area contributed by atoms with E-state index in [2.05, 4.69) is 15.5 Å². The number of benzene rings is 1. The molecule has 0 atom stereocenters. The summed E-state index contributed by atoms with van der Waals surface area (Å²) in [6.07, 6.45) is 1.92. The quantitative estimate of drug-likeness (QED) is 0.856. The molecule has 2 N–H and O–H groups in total. The third kappa shape index (κ3) is 4.36. The maximum atomic E-state index is 12.3. The molecule has 2 fully saturated rings. The zero-order valence-corrected chi connectivity index (χ0v) is 15.3. The number of amides is 2. The molecular weight excluding hydrogens is 346 g/mol. The van der Waals surface area contributed by atoms with Crippen molar-refractivity contribution in [1.82, 2.24) is 10.2 Å². The van der Waals surface area contributed by atoms with Gasteiger partial charge in [0.1, 0.15) is 0 Å². The molecule has 2 aliphatic heterocycles. The molecule has 0 aliphatic carbocycles. The van der Waals surface area contributed by atoms with Crippen molar-refractivity contribution in [1.29, 1.82) is 0 Å². The van der Waals surface area contributed by atoms with Gasteiger partial charge in [-0.15, -0.1) is 0 Å². The lowest BCUT2D eigenvalue weighted by Crippen LogP contribution is -2.60. The van der Waals surface area contributed by atoms with Crippen LogP contribution in [0, 0.1) is 0 Å². The highest BCUT2D eigenvalue weighted by Crippen LogP contribution is 2.30. The number of urea groups is 1. The van der Waals surface area contributed by atoms with Gasteiger partial charge in [0, 0.05) is 49.9 Å². The molecule has 0 bridgehead atoms. The van der Waals surface area contributed by atoms with Crippen molar-refractivity contribution in [2.45, 2.75) is 18.4 Å². The molecule has 132 valence electrons. The van der Waals surface area contributed by atoms with Crippen molar-refractivity contribution in [3.8, 4) is 0 Å². The van der Waals surface area contributed by atoms with Crippen LogP contribution in [-0.2, 0) is 4.74 Å². The molecule has 2 heterocycles. The molecule has 0 unspecified atom stereocenters. The largest absolute Gasteiger partial charge is 0.381 e. The molecule has 5 nitrogen and oxygen atoms in total. The molecule has 24 heavy (non-hydrogen) atoms. The first kappa shape index (κ1) is 17.9. The normalized spacial score (nSPS) is 21.2. The molecule has 2 saturated heterocycles. The zero-order valence-electron chi connectivity index (χ0n) is 13.7. The maximum Gasteiger partial charge on any atom is 0.319 e. The van der Waals surface area contributed by atoms with Crippen molar-refractivity contribution < 1.29 is 9.53 Å². The maximum absolute atomic E-state index is 12.3. The Morgan fingerprint density at radius 1 is 1.25 bits per heavy atom. The molecule has 3 rings (SSSR count). The summed E-state index contributed by atoms with van der Waals surface area (Å²) >= 11 is 8.10. The van der Waals surface area contributed by atoms with E-state index < -0.39 is 0 Å². The predicted molar refractivity (Wildman–Crippen MR) is 100 cm³/mol. The van der Waals surface area contributed by atoms with Crippen molar-refractivity contribution in [3.05, 3.63) is 29.3 Å². The summed E-state index contributed by atoms with van der Waals surface area (Å²) in [6, 6.07) is 7.06. The van der Waals surface area contributed by atoms with E-state index in [1.54, 1.807) is 12.1 Å². The van der Waals surface area contributed by atoms with Crippen LogP contribution < -0.4 is 10.6 Å². The van der Waals surface area contributed by atoms with Crippen LogP contribution in [0.15, 0.2) is 24.3 Å². The lowest BCUT2D eigenvalue weighted by molar-refractivity contribution is -0.0228. The first-order chi connectivity index (χ1) is 11.7. The van der Waals surface area contributed by atoms with Gasteiger partial charge in [0.15, 0.2) is 0 Å². The number of anilines is 1. The highest BCUT2D eigenvalue weighted by atomic mass is 35.5. The van der Waals surface area contributed by atoms with Crippen LogP contribution in [0.4, 0.5) is 10.5 Å². The number of para-hydroxylation sites is 1. The lowest BCUT2D eigenvalue weighted by Gasteiger charge is -2.47. The summed E-state index contributed by atoms with van der Waals surface area (Å²) in [4.78, 5) is 14.8. The molecule has 2 aliphatic rings. The van der Waals surface area contributed by atoms with Crippen LogP contribution in [0.5, 0.6) is 0 Å². The molecule has 1 aromatic carbocycles. The average molecular weight is 370 g/mol. The molecule has 0 aromatic heterocycles. The van der Waals surface area contributed by atoms with Crippen molar-refractivity contribution in [2.24, 2.45) is 0 Å². The predicted octanol–water partition coefficient (Wildman–Crippen LogP) is 3.06. The molecule has 2 amide bonds. The number of hydrogen-bond acceptors (Lipinski definition) is 4. The fourth-order valence-electron chi connectivity index (χ4n) is 3.37. The van der Waals surface area contributed by atoms with Gasteiger partial charge in [-0.3, -0.25) is 4.90 Å². The highest BCUT2D eigenvalue weighted by molar-refractivity contribution is 7.99. The second-order valence-corrected chi connectivity index (χ2v) is 7.86. The van der Waals surface area contributed by atoms with Gasteiger partial charge in [-0.1, -0.05) is 23.7 Å². The second-order valence-electron chi connectivity index (χ2n) is 6.22. The lowest BCUT2D eigenvalue weighted by atomic mass is 9.87. The number of nitrogens with one attached hydrogen (secondary N) is 2. The minimum absolute atomic E-state index is 0.0110. The van der Waals surface area contributed by atoms with E-state index in [0.29, 0.717) is 17.3 Å². The summed E-state index contributed by atoms with van der Waals surface area (Å²) in [5, 5.41) is 6.43. The van der Waals surface area contributed by atoms with Crippen LogP contribution in [0.25, 0.3) is 0 Å². The third-order valence-corrected chi connectivity index (χ3v) is 6.08. The number of carbonyl (C=O) groups is 1. The van der Waals surface area contributed by atoms with E-state index in [4.69, 9.17) is 16.3 Å². The molecule has 0 saturated carbocycles. The van der Waals surface area contributed by atoms with Gasteiger partial charge < -0.3 is 15.4 Å². The smallest absolute Gasteiger partial charge is 0.319 e. The summed E-state index contributed by atoms with van der Waals surface area (Å²) in [5.41, 5.74) is 0.643. The monoisotopic (exact) mass is 369 g/mol. The fourth-order valence-corrected chi connectivity index (χ4v) is 4.45. The zero-order chi connectivity index (χ0) is 16.8. The van der Waals surface area contributed by atoms with Gasteiger partial charge >= 0.3 is 6.03 Å². The molecule has 0 spiro atoms. The Kier molecular flexibility index (Phi) is 6.27. The van der Waals surface area contributed by atoms with Gasteiger partial charge in [-0.05, 0) is 25.0 Å². The molecule has 7 heteroatoms. The number of hydrogen-bond donors (Lipinski definition) is 2. The van der Waals surface area contributed by atoms with Crippen molar-refractivity contribution in [3.63, 3.8) is 0 Å². The Balaban J connectivity index is 1.60. The SMILES string of the molecule is O=C(NCC1(N2CCSCC2)CCOCC1)Nc1ccccc1Cl. The average Bonchev–Trinajstić information content (AvgIpc) is 2.63. The Labute approximate surface area is 152 Å². The number of thioether (sulfide) groups is 1. The van der Waals surface area contributed by atoms with Gasteiger partial charge in [-0.2, -0.15) is 11.8 Å². The Hall–Kier alpha value is -0.950. The topological polar surface area (TPSA) is 53.6 Å². The summed E-state index contributed by atoms with van der Waals surface area (Å²) < 4.78 is 5.56. The minimum Gasteiger partial charge on any atom is -0.381 e. The number of ether oxygens (including phenoxy) is 1. The van der Waals surface area contributed by atoms with E-state index in [9.17, 15) is 4.79 Å². The number of halogens is 1. The van der Waals surface area contributed by atoms with Crippen LogP contribution >= 0.6 is 23.4 Å². The third-order valence-electron chi connectivity index (χ3n) is 4.81. The minimum atomic E-state index is -0.208. The van der Waals surface area contributed by atoms with Crippen LogP contribution in [0.2, 0.25) is 5.02 Å². The van der Waals surface area contributed by atoms with Crippen molar-refractivity contribution in [2.75, 3.05) is 49.7 Å². The molecule has 1 aromatic rings. The van der Waals surface area contributed by atoms with Gasteiger partial charge in [0.25, 0.3) is 0 Å². The Morgan fingerprint density at radius 3 is 2.67 bits per heavy atom. The molecule has 0 radical (unpaired) electrons. The number of rotatable bonds is 4. The van der Waals surface area contributed by atoms with E-state index in [1.165, 1.54) is 0 Å². The van der Waals surface area contributed by atoms with Crippen LogP contribution in [0.1, 0.15) is 12.8 Å². The van der Waals surface area contributed by atoms with Crippen LogP contribution in [-0.4, -0.2) is 60.8 Å². The van der Waals surface area contributed by atoms with Crippen molar-refractivity contribution >= 4 is 35.1 Å². The summed E-state index contributed by atoms with van der Waals surface area (Å²) in [7, 11) is 0. The standard InChI is InChI=1S/C17H24ClN3O2S/c18-14-3-1-2-4-15(14)20-16(22)19-13-17(5-9-23-10-6-17)21-7-11-24-12-8-21/h1-4H,5-13H2,(H2,19,20,22). The Bertz CT molecular complexity index is 561. The van der Waals surface area contributed by atoms with Crippen LogP contribution in [0.3, 0.4) is 0 Å². The van der Waals surface area contributed by atoms with Gasteiger partial charge in [-0.25, -0.2) is 4.79 Å². The number of carbonyl (C=O) groups excluding carboxylic acids is 1. The second kappa shape index (κ2) is 8.43. The fraction of sp³-hybridized carbons (Fsp3) is 0.588. The first-order valence-electron chi connectivity index (χ1n) is 8.40. The van der Waals surface area contributed by atoms with E-state index in [-0.39, 0.29) is 11.6 Å². The highest BCUT2D eigenvalue weighted by Gasteiger charge is 2.39. The van der Waals surface area contributed by atoms with Gasteiger partial charge in [0.2, 0.25) is 0 Å². The first-order valence-corrected chi connectivity index (χ1v) is 9.93. The summed E-state index contributed by atoms with van der Waals surface area (Å²) in [5.74, 6) is 2.32. The summed E-state index contributed by atoms with van der Waals surface area (Å²) in [6.45, 7) is 4.32. The Morgan fingerprint density at radius 2 is 1.96 bits per heavy atom.